The van der Waals surface area contributed by atoms with Crippen molar-refractivity contribution < 1.29 is 9.53 Å². The molecule has 4 nitrogen and oxygen atoms in total. The fraction of sp³-hybridized carbons (Fsp3) is 0.938. The molecule has 0 bridgehead atoms. The number of likely N-dealkylation sites (N-methyl/N-ethyl adjacent to an activating group) is 1. The molecule has 1 amide bonds. The lowest BCUT2D eigenvalue weighted by Crippen LogP contribution is -2.39. The third kappa shape index (κ3) is 4.45. The number of hydrogen-bond acceptors (Lipinski definition) is 3. The normalized spacial score (nSPS) is 24.6. The van der Waals surface area contributed by atoms with Crippen LogP contribution in [0, 0.1) is 11.8 Å². The van der Waals surface area contributed by atoms with Gasteiger partial charge in [-0.25, -0.2) is 0 Å². The lowest BCUT2D eigenvalue weighted by Gasteiger charge is -2.27. The van der Waals surface area contributed by atoms with Crippen LogP contribution in [0.5, 0.6) is 0 Å². The first-order valence-electron chi connectivity index (χ1n) is 8.16. The molecule has 4 heteroatoms. The molecule has 2 aliphatic rings. The van der Waals surface area contributed by atoms with E-state index in [9.17, 15) is 4.79 Å². The number of hydrogen-bond donors (Lipinski definition) is 0. The summed E-state index contributed by atoms with van der Waals surface area (Å²) in [7, 11) is 3.69. The summed E-state index contributed by atoms with van der Waals surface area (Å²) in [5.41, 5.74) is 0. The fourth-order valence-corrected chi connectivity index (χ4v) is 3.66. The molecule has 0 aromatic carbocycles. The van der Waals surface area contributed by atoms with Crippen molar-refractivity contribution in [3.05, 3.63) is 0 Å². The van der Waals surface area contributed by atoms with Gasteiger partial charge in [0.25, 0.3) is 0 Å². The van der Waals surface area contributed by atoms with Crippen LogP contribution in [0.15, 0.2) is 0 Å². The SMILES string of the molecule is COCCN(C)CC(=O)N1CC[C@@H](C2CCCCC2)C1. The van der Waals surface area contributed by atoms with Crippen molar-refractivity contribution >= 4 is 5.91 Å². The molecule has 1 atom stereocenters. The molecule has 116 valence electrons. The number of carbonyl (C=O) groups excluding carboxylic acids is 1. The molecule has 2 rings (SSSR count). The van der Waals surface area contributed by atoms with Gasteiger partial charge in [0.2, 0.25) is 5.91 Å². The number of carbonyl (C=O) groups is 1. The number of ether oxygens (including phenoxy) is 1. The van der Waals surface area contributed by atoms with Crippen LogP contribution in [0.4, 0.5) is 0 Å². The Morgan fingerprint density at radius 2 is 1.95 bits per heavy atom. The van der Waals surface area contributed by atoms with Crippen molar-refractivity contribution in [2.45, 2.75) is 38.5 Å². The highest BCUT2D eigenvalue weighted by molar-refractivity contribution is 5.78. The van der Waals surface area contributed by atoms with Crippen LogP contribution in [0.3, 0.4) is 0 Å². The summed E-state index contributed by atoms with van der Waals surface area (Å²) in [6.07, 6.45) is 8.21. The summed E-state index contributed by atoms with van der Waals surface area (Å²) in [6, 6.07) is 0. The van der Waals surface area contributed by atoms with E-state index in [0.717, 1.165) is 31.5 Å². The molecule has 0 aromatic rings. The van der Waals surface area contributed by atoms with Crippen molar-refractivity contribution in [1.29, 1.82) is 0 Å². The van der Waals surface area contributed by atoms with Gasteiger partial charge in [-0.3, -0.25) is 9.69 Å². The quantitative estimate of drug-likeness (QED) is 0.747. The molecule has 20 heavy (non-hydrogen) atoms. The first-order chi connectivity index (χ1) is 9.70. The molecular formula is C16H30N2O2. The number of nitrogens with zero attached hydrogens (tertiary/aromatic N) is 2. The largest absolute Gasteiger partial charge is 0.383 e. The van der Waals surface area contributed by atoms with Crippen LogP contribution in [-0.2, 0) is 9.53 Å². The van der Waals surface area contributed by atoms with Gasteiger partial charge < -0.3 is 9.64 Å². The molecule has 1 saturated heterocycles. The Hall–Kier alpha value is -0.610. The number of likely N-dealkylation sites (tertiary alicyclic amines) is 1. The van der Waals surface area contributed by atoms with E-state index in [4.69, 9.17) is 4.74 Å². The Kier molecular flexibility index (Phi) is 6.30. The minimum absolute atomic E-state index is 0.293. The molecule has 0 aromatic heterocycles. The zero-order chi connectivity index (χ0) is 14.4. The summed E-state index contributed by atoms with van der Waals surface area (Å²) in [4.78, 5) is 16.4. The number of amides is 1. The zero-order valence-corrected chi connectivity index (χ0v) is 13.1. The lowest BCUT2D eigenvalue weighted by atomic mass is 9.80. The minimum atomic E-state index is 0.293. The van der Waals surface area contributed by atoms with Crippen molar-refractivity contribution in [2.24, 2.45) is 11.8 Å². The molecule has 2 fully saturated rings. The summed E-state index contributed by atoms with van der Waals surface area (Å²) in [5, 5.41) is 0. The van der Waals surface area contributed by atoms with E-state index in [1.54, 1.807) is 7.11 Å². The summed E-state index contributed by atoms with van der Waals surface area (Å²) < 4.78 is 5.05. The van der Waals surface area contributed by atoms with Crippen molar-refractivity contribution in [3.63, 3.8) is 0 Å². The number of rotatable bonds is 6. The second kappa shape index (κ2) is 7.99. The Morgan fingerprint density at radius 1 is 1.20 bits per heavy atom. The van der Waals surface area contributed by atoms with Gasteiger partial charge in [0.1, 0.15) is 0 Å². The highest BCUT2D eigenvalue weighted by Gasteiger charge is 2.32. The maximum Gasteiger partial charge on any atom is 0.236 e. The van der Waals surface area contributed by atoms with Gasteiger partial charge in [0, 0.05) is 26.7 Å². The Morgan fingerprint density at radius 3 is 2.65 bits per heavy atom. The van der Waals surface area contributed by atoms with E-state index < -0.39 is 0 Å². The van der Waals surface area contributed by atoms with E-state index in [1.807, 2.05) is 7.05 Å². The van der Waals surface area contributed by atoms with E-state index in [2.05, 4.69) is 9.80 Å². The van der Waals surface area contributed by atoms with E-state index in [0.29, 0.717) is 19.1 Å². The van der Waals surface area contributed by atoms with Crippen LogP contribution in [-0.4, -0.2) is 62.7 Å². The summed E-state index contributed by atoms with van der Waals surface area (Å²) >= 11 is 0. The molecule has 0 unspecified atom stereocenters. The average Bonchev–Trinajstić information content (AvgIpc) is 2.96. The molecule has 1 aliphatic carbocycles. The topological polar surface area (TPSA) is 32.8 Å². The summed E-state index contributed by atoms with van der Waals surface area (Å²) in [5.74, 6) is 1.94. The smallest absolute Gasteiger partial charge is 0.236 e. The van der Waals surface area contributed by atoms with Crippen LogP contribution >= 0.6 is 0 Å². The lowest BCUT2D eigenvalue weighted by molar-refractivity contribution is -0.131. The van der Waals surface area contributed by atoms with Crippen molar-refractivity contribution in [2.75, 3.05) is 46.9 Å². The standard InChI is InChI=1S/C16H30N2O2/c1-17(10-11-20-2)13-16(19)18-9-8-15(12-18)14-6-4-3-5-7-14/h14-15H,3-13H2,1-2H3/t15-/m1/s1. The average molecular weight is 282 g/mol. The minimum Gasteiger partial charge on any atom is -0.383 e. The third-order valence-electron chi connectivity index (χ3n) is 4.98. The van der Waals surface area contributed by atoms with E-state index >= 15 is 0 Å². The second-order valence-electron chi connectivity index (χ2n) is 6.52. The maximum absolute atomic E-state index is 12.3. The zero-order valence-electron chi connectivity index (χ0n) is 13.1. The fourth-order valence-electron chi connectivity index (χ4n) is 3.66. The second-order valence-corrected chi connectivity index (χ2v) is 6.52. The van der Waals surface area contributed by atoms with Gasteiger partial charge in [0.15, 0.2) is 0 Å². The highest BCUT2D eigenvalue weighted by atomic mass is 16.5. The van der Waals surface area contributed by atoms with Gasteiger partial charge in [-0.05, 0) is 25.3 Å². The van der Waals surface area contributed by atoms with Crippen LogP contribution in [0.2, 0.25) is 0 Å². The molecule has 1 heterocycles. The summed E-state index contributed by atoms with van der Waals surface area (Å²) in [6.45, 7) is 4.01. The monoisotopic (exact) mass is 282 g/mol. The van der Waals surface area contributed by atoms with E-state index in [1.165, 1.54) is 38.5 Å². The Balaban J connectivity index is 1.72. The van der Waals surface area contributed by atoms with Crippen LogP contribution in [0.25, 0.3) is 0 Å². The predicted octanol–water partition coefficient (Wildman–Crippen LogP) is 1.99. The van der Waals surface area contributed by atoms with Crippen LogP contribution in [0.1, 0.15) is 38.5 Å². The molecule has 0 N–H and O–H groups in total. The van der Waals surface area contributed by atoms with Gasteiger partial charge in [-0.1, -0.05) is 32.1 Å². The van der Waals surface area contributed by atoms with E-state index in [-0.39, 0.29) is 0 Å². The van der Waals surface area contributed by atoms with Crippen molar-refractivity contribution in [3.8, 4) is 0 Å². The molecule has 0 radical (unpaired) electrons. The van der Waals surface area contributed by atoms with Crippen LogP contribution < -0.4 is 0 Å². The number of methoxy groups -OCH3 is 1. The van der Waals surface area contributed by atoms with Gasteiger partial charge in [0.05, 0.1) is 13.2 Å². The van der Waals surface area contributed by atoms with Gasteiger partial charge in [-0.2, -0.15) is 0 Å². The predicted molar refractivity (Wildman–Crippen MR) is 80.6 cm³/mol. The maximum atomic E-state index is 12.3. The molecule has 0 spiro atoms. The first kappa shape index (κ1) is 15.8. The van der Waals surface area contributed by atoms with Gasteiger partial charge in [-0.15, -0.1) is 0 Å². The highest BCUT2D eigenvalue weighted by Crippen LogP contribution is 2.34. The van der Waals surface area contributed by atoms with Crippen molar-refractivity contribution in [1.82, 2.24) is 9.80 Å². The molecular weight excluding hydrogens is 252 g/mol. The Labute approximate surface area is 123 Å². The third-order valence-corrected chi connectivity index (χ3v) is 4.98. The first-order valence-corrected chi connectivity index (χ1v) is 8.16. The molecule has 1 saturated carbocycles. The molecule has 1 aliphatic heterocycles. The Bertz CT molecular complexity index is 303. The van der Waals surface area contributed by atoms with Gasteiger partial charge >= 0.3 is 0 Å².